The molecule has 0 aliphatic carbocycles. The molecule has 0 bridgehead atoms. The van der Waals surface area contributed by atoms with Crippen molar-refractivity contribution in [2.24, 2.45) is 11.7 Å². The Morgan fingerprint density at radius 1 is 1.33 bits per heavy atom. The van der Waals surface area contributed by atoms with Gasteiger partial charge in [-0.1, -0.05) is 25.1 Å². The first-order valence-electron chi connectivity index (χ1n) is 7.13. The topological polar surface area (TPSA) is 29.3 Å². The molecule has 0 radical (unpaired) electrons. The Hall–Kier alpha value is -0.860. The molecule has 18 heavy (non-hydrogen) atoms. The van der Waals surface area contributed by atoms with Crippen LogP contribution < -0.4 is 5.73 Å². The van der Waals surface area contributed by atoms with E-state index in [1.54, 1.807) is 0 Å². The minimum absolute atomic E-state index is 0.395. The molecule has 0 saturated carbocycles. The van der Waals surface area contributed by atoms with Gasteiger partial charge in [-0.05, 0) is 55.8 Å². The van der Waals surface area contributed by atoms with Crippen LogP contribution in [0.1, 0.15) is 42.5 Å². The Labute approximate surface area is 111 Å². The fourth-order valence-electron chi connectivity index (χ4n) is 2.98. The van der Waals surface area contributed by atoms with Crippen molar-refractivity contribution in [3.8, 4) is 0 Å². The second kappa shape index (κ2) is 5.85. The lowest BCUT2D eigenvalue weighted by atomic mass is 9.95. The average Bonchev–Trinajstić information content (AvgIpc) is 2.35. The van der Waals surface area contributed by atoms with E-state index in [0.29, 0.717) is 6.04 Å². The molecule has 1 aromatic rings. The molecule has 2 nitrogen and oxygen atoms in total. The average molecular weight is 246 g/mol. The van der Waals surface area contributed by atoms with Gasteiger partial charge in [0.15, 0.2) is 0 Å². The molecule has 0 unspecified atom stereocenters. The summed E-state index contributed by atoms with van der Waals surface area (Å²) in [6.45, 7) is 9.80. The zero-order valence-electron chi connectivity index (χ0n) is 11.9. The predicted molar refractivity (Wildman–Crippen MR) is 77.7 cm³/mol. The van der Waals surface area contributed by atoms with Crippen LogP contribution in [0.4, 0.5) is 0 Å². The molecular weight excluding hydrogens is 220 g/mol. The van der Waals surface area contributed by atoms with Gasteiger partial charge in [0.1, 0.15) is 0 Å². The minimum Gasteiger partial charge on any atom is -0.329 e. The first-order chi connectivity index (χ1) is 8.61. The van der Waals surface area contributed by atoms with Crippen molar-refractivity contribution in [3.63, 3.8) is 0 Å². The lowest BCUT2D eigenvalue weighted by Gasteiger charge is -2.37. The van der Waals surface area contributed by atoms with Crippen LogP contribution in [0.3, 0.4) is 0 Å². The van der Waals surface area contributed by atoms with Gasteiger partial charge in [-0.15, -0.1) is 0 Å². The Morgan fingerprint density at radius 3 is 2.72 bits per heavy atom. The number of nitrogens with two attached hydrogens (primary N) is 1. The van der Waals surface area contributed by atoms with Crippen molar-refractivity contribution in [2.75, 3.05) is 19.6 Å². The summed E-state index contributed by atoms with van der Waals surface area (Å²) in [6.07, 6.45) is 2.67. The third kappa shape index (κ3) is 2.93. The van der Waals surface area contributed by atoms with Crippen LogP contribution >= 0.6 is 0 Å². The highest BCUT2D eigenvalue weighted by atomic mass is 15.2. The Bertz CT molecular complexity index is 400. The molecule has 0 aromatic heterocycles. The first-order valence-corrected chi connectivity index (χ1v) is 7.13. The Morgan fingerprint density at radius 2 is 2.11 bits per heavy atom. The van der Waals surface area contributed by atoms with Crippen LogP contribution in [0.2, 0.25) is 0 Å². The molecule has 2 rings (SSSR count). The van der Waals surface area contributed by atoms with E-state index in [9.17, 15) is 0 Å². The van der Waals surface area contributed by atoms with Gasteiger partial charge < -0.3 is 5.73 Å². The lowest BCUT2D eigenvalue weighted by molar-refractivity contribution is 0.133. The minimum atomic E-state index is 0.395. The molecule has 0 amide bonds. The predicted octanol–water partition coefficient (Wildman–Crippen LogP) is 3.04. The highest BCUT2D eigenvalue weighted by molar-refractivity contribution is 5.32. The van der Waals surface area contributed by atoms with Crippen molar-refractivity contribution >= 4 is 0 Å². The fraction of sp³-hybridized carbons (Fsp3) is 0.625. The molecule has 1 aromatic carbocycles. The summed E-state index contributed by atoms with van der Waals surface area (Å²) in [4.78, 5) is 2.57. The summed E-state index contributed by atoms with van der Waals surface area (Å²) in [5.41, 5.74) is 10.1. The van der Waals surface area contributed by atoms with Crippen molar-refractivity contribution in [3.05, 3.63) is 34.9 Å². The maximum atomic E-state index is 6.03. The van der Waals surface area contributed by atoms with Crippen molar-refractivity contribution in [1.29, 1.82) is 0 Å². The molecule has 0 spiro atoms. The first kappa shape index (κ1) is 13.6. The molecule has 1 saturated heterocycles. The Kier molecular flexibility index (Phi) is 4.41. The highest BCUT2D eigenvalue weighted by Gasteiger charge is 2.24. The van der Waals surface area contributed by atoms with Gasteiger partial charge in [0.2, 0.25) is 0 Å². The summed E-state index contributed by atoms with van der Waals surface area (Å²) >= 11 is 0. The van der Waals surface area contributed by atoms with Crippen LogP contribution in [0.15, 0.2) is 18.2 Å². The summed E-state index contributed by atoms with van der Waals surface area (Å²) in [7, 11) is 0. The molecule has 2 heteroatoms. The SMILES string of the molecule is Cc1ccc([C@@H](CN)N2CCC[C@@H](C)C2)cc1C. The van der Waals surface area contributed by atoms with Crippen LogP contribution in [0, 0.1) is 19.8 Å². The zero-order chi connectivity index (χ0) is 13.1. The maximum absolute atomic E-state index is 6.03. The monoisotopic (exact) mass is 246 g/mol. The van der Waals surface area contributed by atoms with Crippen molar-refractivity contribution < 1.29 is 0 Å². The third-order valence-electron chi connectivity index (χ3n) is 4.27. The number of likely N-dealkylation sites (tertiary alicyclic amines) is 1. The molecule has 1 fully saturated rings. The van der Waals surface area contributed by atoms with Crippen LogP contribution in [0.5, 0.6) is 0 Å². The Balaban J connectivity index is 2.18. The van der Waals surface area contributed by atoms with Gasteiger partial charge in [-0.3, -0.25) is 4.90 Å². The second-order valence-electron chi connectivity index (χ2n) is 5.84. The van der Waals surface area contributed by atoms with Gasteiger partial charge in [0.05, 0.1) is 0 Å². The second-order valence-corrected chi connectivity index (χ2v) is 5.84. The maximum Gasteiger partial charge on any atom is 0.0470 e. The van der Waals surface area contributed by atoms with Crippen molar-refractivity contribution in [1.82, 2.24) is 4.90 Å². The van der Waals surface area contributed by atoms with E-state index in [-0.39, 0.29) is 0 Å². The van der Waals surface area contributed by atoms with Gasteiger partial charge in [0.25, 0.3) is 0 Å². The highest BCUT2D eigenvalue weighted by Crippen LogP contribution is 2.27. The number of nitrogens with zero attached hydrogens (tertiary/aromatic N) is 1. The quantitative estimate of drug-likeness (QED) is 0.888. The van der Waals surface area contributed by atoms with Crippen molar-refractivity contribution in [2.45, 2.75) is 39.7 Å². The summed E-state index contributed by atoms with van der Waals surface area (Å²) in [5.74, 6) is 0.805. The molecule has 2 atom stereocenters. The molecule has 2 N–H and O–H groups in total. The van der Waals surface area contributed by atoms with E-state index in [0.717, 1.165) is 12.5 Å². The number of hydrogen-bond acceptors (Lipinski definition) is 2. The summed E-state index contributed by atoms with van der Waals surface area (Å²) in [6, 6.07) is 7.18. The molecule has 1 aliphatic heterocycles. The normalized spacial score (nSPS) is 23.0. The van der Waals surface area contributed by atoms with E-state index in [1.807, 2.05) is 0 Å². The van der Waals surface area contributed by atoms with E-state index >= 15 is 0 Å². The van der Waals surface area contributed by atoms with Crippen LogP contribution in [-0.2, 0) is 0 Å². The number of hydrogen-bond donors (Lipinski definition) is 1. The van der Waals surface area contributed by atoms with Gasteiger partial charge in [-0.25, -0.2) is 0 Å². The van der Waals surface area contributed by atoms with E-state index < -0.39 is 0 Å². The van der Waals surface area contributed by atoms with Crippen LogP contribution in [-0.4, -0.2) is 24.5 Å². The molecule has 100 valence electrons. The third-order valence-corrected chi connectivity index (χ3v) is 4.27. The van der Waals surface area contributed by atoms with Gasteiger partial charge in [0, 0.05) is 19.1 Å². The van der Waals surface area contributed by atoms with E-state index in [4.69, 9.17) is 5.73 Å². The summed E-state index contributed by atoms with van der Waals surface area (Å²) in [5, 5.41) is 0. The summed E-state index contributed by atoms with van der Waals surface area (Å²) < 4.78 is 0. The standard InChI is InChI=1S/C16H26N2/c1-12-5-4-8-18(11-12)16(10-17)15-7-6-13(2)14(3)9-15/h6-7,9,12,16H,4-5,8,10-11,17H2,1-3H3/t12-,16-/m1/s1. The lowest BCUT2D eigenvalue weighted by Crippen LogP contribution is -2.40. The van der Waals surface area contributed by atoms with E-state index in [1.165, 1.54) is 42.6 Å². The smallest absolute Gasteiger partial charge is 0.0470 e. The zero-order valence-corrected chi connectivity index (χ0v) is 11.9. The van der Waals surface area contributed by atoms with Gasteiger partial charge in [-0.2, -0.15) is 0 Å². The van der Waals surface area contributed by atoms with Gasteiger partial charge >= 0.3 is 0 Å². The number of piperidine rings is 1. The largest absolute Gasteiger partial charge is 0.329 e. The fourth-order valence-corrected chi connectivity index (χ4v) is 2.98. The van der Waals surface area contributed by atoms with E-state index in [2.05, 4.69) is 43.9 Å². The molecular formula is C16H26N2. The number of rotatable bonds is 3. The molecule has 1 heterocycles. The van der Waals surface area contributed by atoms with Crippen LogP contribution in [0.25, 0.3) is 0 Å². The number of benzene rings is 1. The molecule has 1 aliphatic rings. The number of aryl methyl sites for hydroxylation is 2.